The fourth-order valence-corrected chi connectivity index (χ4v) is 0. The summed E-state index contributed by atoms with van der Waals surface area (Å²) in [5, 5.41) is 0. The molecule has 0 saturated carbocycles. The predicted molar refractivity (Wildman–Crippen MR) is 16.2 cm³/mol. The molecule has 0 aliphatic carbocycles. The minimum absolute atomic E-state index is 0. The van der Waals surface area contributed by atoms with Crippen LogP contribution in [0, 0.1) is 0 Å². The molecule has 0 aliphatic rings. The van der Waals surface area contributed by atoms with Gasteiger partial charge in [-0.25, -0.2) is 0 Å². The van der Waals surface area contributed by atoms with Crippen LogP contribution in [0.1, 0.15) is 1.43 Å². The molecule has 7 radical (unpaired) electrons. The van der Waals surface area contributed by atoms with E-state index in [0.717, 1.165) is 0 Å². The van der Waals surface area contributed by atoms with E-state index >= 15 is 0 Å². The van der Waals surface area contributed by atoms with Crippen molar-refractivity contribution in [3.8, 4) is 0 Å². The van der Waals surface area contributed by atoms with Crippen LogP contribution in [-0.2, 0) is 0 Å². The van der Waals surface area contributed by atoms with Crippen molar-refractivity contribution in [2.75, 3.05) is 0 Å². The third kappa shape index (κ3) is 9.32. The summed E-state index contributed by atoms with van der Waals surface area (Å²) in [5.74, 6) is 0. The first-order chi connectivity index (χ1) is 0. The van der Waals surface area contributed by atoms with E-state index in [1.807, 2.05) is 0 Å². The molecule has 0 aliphatic heterocycles. The van der Waals surface area contributed by atoms with E-state index in [2.05, 4.69) is 0 Å². The van der Waals surface area contributed by atoms with Gasteiger partial charge in [0, 0.05) is 28.3 Å². The molecule has 0 aromatic carbocycles. The van der Waals surface area contributed by atoms with E-state index in [-0.39, 0.29) is 64.8 Å². The van der Waals surface area contributed by atoms with Gasteiger partial charge in [-0.15, -0.1) is 0 Å². The smallest absolute Gasteiger partial charge is 1.00 e. The average Bonchev–Trinajstić information content (AvgIpc) is 0. The van der Waals surface area contributed by atoms with Gasteiger partial charge in [0.1, 0.15) is 0 Å². The first kappa shape index (κ1) is 43.3. The number of hydrogen-bond acceptors (Lipinski definition) is 0. The molecular formula is H3AlNaOSi. The summed E-state index contributed by atoms with van der Waals surface area (Å²) in [7, 11) is 0. The van der Waals surface area contributed by atoms with E-state index in [9.17, 15) is 0 Å². The second-order valence-electron chi connectivity index (χ2n) is 0. The third-order valence-electron chi connectivity index (χ3n) is 0. The molecule has 0 rings (SSSR count). The van der Waals surface area contributed by atoms with Gasteiger partial charge in [0.2, 0.25) is 0 Å². The van der Waals surface area contributed by atoms with Gasteiger partial charge in [0.05, 0.1) is 0 Å². The van der Waals surface area contributed by atoms with E-state index in [1.165, 1.54) is 0 Å². The van der Waals surface area contributed by atoms with Gasteiger partial charge < -0.3 is 6.90 Å². The molecule has 0 bridgehead atoms. The largest absolute Gasteiger partial charge is 1.00 e. The van der Waals surface area contributed by atoms with Crippen LogP contribution in [0.3, 0.4) is 0 Å². The number of hydrogen-bond donors (Lipinski definition) is 0. The normalized spacial score (nSPS) is 0. The monoisotopic (exact) mass is 97.0 g/mol. The van der Waals surface area contributed by atoms with Gasteiger partial charge in [-0.2, -0.15) is 0 Å². The molecule has 0 aromatic rings. The van der Waals surface area contributed by atoms with Crippen molar-refractivity contribution < 1.29 is 36.5 Å². The van der Waals surface area contributed by atoms with Gasteiger partial charge in [0.25, 0.3) is 0 Å². The average molecular weight is 97.1 g/mol. The second kappa shape index (κ2) is 22.2. The van der Waals surface area contributed by atoms with Crippen molar-refractivity contribution in [3.63, 3.8) is 0 Å². The Bertz CT molecular complexity index is 11.6. The summed E-state index contributed by atoms with van der Waals surface area (Å²) >= 11 is 0. The van der Waals surface area contributed by atoms with Gasteiger partial charge in [-0.05, 0) is 0 Å². The summed E-state index contributed by atoms with van der Waals surface area (Å²) in [5.41, 5.74) is 0. The summed E-state index contributed by atoms with van der Waals surface area (Å²) in [6, 6.07) is 0. The van der Waals surface area contributed by atoms with Crippen LogP contribution < -0.4 is 29.6 Å². The summed E-state index contributed by atoms with van der Waals surface area (Å²) in [6.45, 7) is 0. The quantitative estimate of drug-likeness (QED) is 0.273. The standard InChI is InChI=1S/Al.Na.H2O.Si.H/h;;1H2;;/q;+1;;;-1. The van der Waals surface area contributed by atoms with Gasteiger partial charge >= 0.3 is 29.6 Å². The van der Waals surface area contributed by atoms with Crippen LogP contribution >= 0.6 is 0 Å². The Balaban J connectivity index is 0. The predicted octanol–water partition coefficient (Wildman–Crippen LogP) is -4.47. The molecule has 0 saturated heterocycles. The Morgan fingerprint density at radius 2 is 1.25 bits per heavy atom. The van der Waals surface area contributed by atoms with E-state index < -0.39 is 0 Å². The minimum atomic E-state index is 0. The molecule has 1 nitrogen and oxygen atoms in total. The van der Waals surface area contributed by atoms with E-state index in [4.69, 9.17) is 0 Å². The van der Waals surface area contributed by atoms with Crippen molar-refractivity contribution >= 4 is 28.3 Å². The van der Waals surface area contributed by atoms with Crippen LogP contribution in [0.15, 0.2) is 0 Å². The molecule has 0 unspecified atom stereocenters. The Kier molecular flexibility index (Phi) is 240. The van der Waals surface area contributed by atoms with E-state index in [0.29, 0.717) is 0 Å². The molecule has 17 valence electrons. The molecule has 0 amide bonds. The first-order valence-corrected chi connectivity index (χ1v) is 0. The fraction of sp³-hybridized carbons (Fsp3) is 0. The maximum absolute atomic E-state index is 0. The molecule has 0 spiro atoms. The summed E-state index contributed by atoms with van der Waals surface area (Å²) in [4.78, 5) is 0. The molecule has 4 heteroatoms. The van der Waals surface area contributed by atoms with E-state index in [1.54, 1.807) is 0 Å². The van der Waals surface area contributed by atoms with Crippen LogP contribution in [-0.4, -0.2) is 33.8 Å². The fourth-order valence-electron chi connectivity index (χ4n) is 0. The summed E-state index contributed by atoms with van der Waals surface area (Å²) in [6.07, 6.45) is 0. The van der Waals surface area contributed by atoms with Crippen molar-refractivity contribution in [1.82, 2.24) is 0 Å². The zero-order chi connectivity index (χ0) is 0. The van der Waals surface area contributed by atoms with Crippen molar-refractivity contribution in [3.05, 3.63) is 0 Å². The minimum Gasteiger partial charge on any atom is -1.00 e. The molecule has 2 N–H and O–H groups in total. The second-order valence-corrected chi connectivity index (χ2v) is 0. The van der Waals surface area contributed by atoms with Crippen LogP contribution in [0.4, 0.5) is 0 Å². The Morgan fingerprint density at radius 1 is 1.25 bits per heavy atom. The Labute approximate surface area is 64.4 Å². The molecule has 0 atom stereocenters. The van der Waals surface area contributed by atoms with Gasteiger partial charge in [0.15, 0.2) is 0 Å². The van der Waals surface area contributed by atoms with Crippen molar-refractivity contribution in [2.24, 2.45) is 0 Å². The molecule has 0 heterocycles. The van der Waals surface area contributed by atoms with Crippen molar-refractivity contribution in [1.29, 1.82) is 0 Å². The van der Waals surface area contributed by atoms with Crippen molar-refractivity contribution in [2.45, 2.75) is 0 Å². The summed E-state index contributed by atoms with van der Waals surface area (Å²) < 4.78 is 0. The van der Waals surface area contributed by atoms with Gasteiger partial charge in [-0.3, -0.25) is 0 Å². The first-order valence-electron chi connectivity index (χ1n) is 0. The Hall–Kier alpha value is 1.71. The molecule has 0 fully saturated rings. The SMILES string of the molecule is O.[Al].[H-].[Na+].[Si]. The molecule has 4 heavy (non-hydrogen) atoms. The number of rotatable bonds is 0. The Morgan fingerprint density at radius 3 is 1.25 bits per heavy atom. The zero-order valence-electron chi connectivity index (χ0n) is 3.58. The third-order valence-corrected chi connectivity index (χ3v) is 0. The topological polar surface area (TPSA) is 31.5 Å². The maximum Gasteiger partial charge on any atom is 1.00 e. The maximum atomic E-state index is 0. The van der Waals surface area contributed by atoms with Crippen LogP contribution in [0.5, 0.6) is 0 Å². The zero-order valence-corrected chi connectivity index (χ0v) is 6.73. The van der Waals surface area contributed by atoms with Gasteiger partial charge in [-0.1, -0.05) is 0 Å². The van der Waals surface area contributed by atoms with Crippen LogP contribution in [0.25, 0.3) is 0 Å². The molecule has 0 aromatic heterocycles. The molecular weight excluding hydrogens is 94.1 g/mol. The van der Waals surface area contributed by atoms with Crippen LogP contribution in [0.2, 0.25) is 0 Å².